The number of aliphatic carboxylic acids is 1. The third-order valence-corrected chi connectivity index (χ3v) is 4.60. The number of hydrogen-bond donors (Lipinski definition) is 2. The number of nitrogens with two attached hydrogens (primary N) is 1. The van der Waals surface area contributed by atoms with Gasteiger partial charge in [0.1, 0.15) is 0 Å². The zero-order chi connectivity index (χ0) is 15.4. The van der Waals surface area contributed by atoms with Crippen molar-refractivity contribution in [3.63, 3.8) is 0 Å². The quantitative estimate of drug-likeness (QED) is 0.837. The maximum atomic E-state index is 11.1. The van der Waals surface area contributed by atoms with Crippen molar-refractivity contribution < 1.29 is 9.90 Å². The largest absolute Gasteiger partial charge is 0.481 e. The Hall–Kier alpha value is -1.35. The Kier molecular flexibility index (Phi) is 5.75. The summed E-state index contributed by atoms with van der Waals surface area (Å²) < 4.78 is 0. The molecule has 3 unspecified atom stereocenters. The van der Waals surface area contributed by atoms with Gasteiger partial charge in [-0.05, 0) is 61.3 Å². The highest BCUT2D eigenvalue weighted by Crippen LogP contribution is 2.34. The minimum Gasteiger partial charge on any atom is -0.481 e. The lowest BCUT2D eigenvalue weighted by atomic mass is 9.79. The van der Waals surface area contributed by atoms with Gasteiger partial charge in [-0.1, -0.05) is 26.0 Å². The molecule has 0 aromatic heterocycles. The van der Waals surface area contributed by atoms with Gasteiger partial charge in [-0.3, -0.25) is 4.79 Å². The van der Waals surface area contributed by atoms with Crippen LogP contribution >= 0.6 is 0 Å². The van der Waals surface area contributed by atoms with Gasteiger partial charge in [0.15, 0.2) is 0 Å². The van der Waals surface area contributed by atoms with Crippen molar-refractivity contribution in [1.29, 1.82) is 0 Å². The third kappa shape index (κ3) is 3.60. The summed E-state index contributed by atoms with van der Waals surface area (Å²) in [6.07, 6.45) is 0.625. The summed E-state index contributed by atoms with van der Waals surface area (Å²) in [4.78, 5) is 11.1. The van der Waals surface area contributed by atoms with Crippen LogP contribution in [-0.2, 0) is 4.79 Å². The van der Waals surface area contributed by atoms with E-state index in [1.165, 1.54) is 22.3 Å². The van der Waals surface area contributed by atoms with E-state index in [4.69, 9.17) is 10.8 Å². The molecule has 3 nitrogen and oxygen atoms in total. The van der Waals surface area contributed by atoms with Crippen LogP contribution in [0.4, 0.5) is 0 Å². The van der Waals surface area contributed by atoms with E-state index in [0.29, 0.717) is 18.3 Å². The molecule has 3 heteroatoms. The van der Waals surface area contributed by atoms with E-state index in [9.17, 15) is 4.79 Å². The van der Waals surface area contributed by atoms with Gasteiger partial charge in [-0.15, -0.1) is 0 Å². The predicted octanol–water partition coefficient (Wildman–Crippen LogP) is 3.40. The van der Waals surface area contributed by atoms with Crippen molar-refractivity contribution in [2.75, 3.05) is 6.54 Å². The molecule has 0 fully saturated rings. The molecule has 0 spiro atoms. The predicted molar refractivity (Wildman–Crippen MR) is 83.0 cm³/mol. The number of aryl methyl sites for hydroxylation is 2. The monoisotopic (exact) mass is 277 g/mol. The van der Waals surface area contributed by atoms with Crippen molar-refractivity contribution >= 4 is 5.97 Å². The molecule has 0 aliphatic carbocycles. The lowest BCUT2D eigenvalue weighted by molar-refractivity contribution is -0.142. The fourth-order valence-electron chi connectivity index (χ4n) is 2.91. The highest BCUT2D eigenvalue weighted by Gasteiger charge is 2.24. The van der Waals surface area contributed by atoms with Gasteiger partial charge >= 0.3 is 5.97 Å². The Bertz CT molecular complexity index is 482. The first kappa shape index (κ1) is 16.7. The summed E-state index contributed by atoms with van der Waals surface area (Å²) in [6, 6.07) is 4.30. The van der Waals surface area contributed by atoms with E-state index in [1.807, 2.05) is 0 Å². The van der Waals surface area contributed by atoms with Gasteiger partial charge in [0.05, 0.1) is 5.92 Å². The van der Waals surface area contributed by atoms with Crippen LogP contribution in [-0.4, -0.2) is 17.6 Å². The second-order valence-electron chi connectivity index (χ2n) is 6.01. The maximum Gasteiger partial charge on any atom is 0.307 e. The lowest BCUT2D eigenvalue weighted by Gasteiger charge is -2.26. The molecule has 0 amide bonds. The van der Waals surface area contributed by atoms with Gasteiger partial charge < -0.3 is 10.8 Å². The zero-order valence-electron chi connectivity index (χ0n) is 13.2. The first-order valence-electron chi connectivity index (χ1n) is 7.29. The van der Waals surface area contributed by atoms with E-state index in [1.54, 1.807) is 0 Å². The van der Waals surface area contributed by atoms with E-state index in [2.05, 4.69) is 46.8 Å². The van der Waals surface area contributed by atoms with Crippen LogP contribution in [0.1, 0.15) is 48.4 Å². The van der Waals surface area contributed by atoms with Crippen molar-refractivity contribution in [3.8, 4) is 0 Å². The van der Waals surface area contributed by atoms with Crippen molar-refractivity contribution in [2.45, 2.75) is 47.0 Å². The van der Waals surface area contributed by atoms with Crippen LogP contribution in [0, 0.1) is 32.6 Å². The molecule has 112 valence electrons. The molecule has 0 bridgehead atoms. The molecule has 1 aromatic carbocycles. The molecule has 0 saturated carbocycles. The van der Waals surface area contributed by atoms with Crippen LogP contribution in [0.5, 0.6) is 0 Å². The summed E-state index contributed by atoms with van der Waals surface area (Å²) in [5.41, 5.74) is 10.8. The number of rotatable bonds is 6. The topological polar surface area (TPSA) is 63.3 Å². The summed E-state index contributed by atoms with van der Waals surface area (Å²) in [5, 5.41) is 9.15. The van der Waals surface area contributed by atoms with E-state index < -0.39 is 11.9 Å². The second-order valence-corrected chi connectivity index (χ2v) is 6.01. The van der Waals surface area contributed by atoms with Crippen LogP contribution in [0.15, 0.2) is 12.1 Å². The first-order chi connectivity index (χ1) is 9.29. The fraction of sp³-hybridized carbons (Fsp3) is 0.588. The van der Waals surface area contributed by atoms with Gasteiger partial charge in [0.25, 0.3) is 0 Å². The molecule has 0 aliphatic rings. The van der Waals surface area contributed by atoms with Crippen LogP contribution in [0.3, 0.4) is 0 Å². The average Bonchev–Trinajstić information content (AvgIpc) is 2.39. The molecule has 1 rings (SSSR count). The Morgan fingerprint density at radius 3 is 2.25 bits per heavy atom. The van der Waals surface area contributed by atoms with Crippen LogP contribution in [0.2, 0.25) is 0 Å². The molecular formula is C17H27NO2. The molecule has 0 saturated heterocycles. The number of carboxylic acids is 1. The molecule has 0 radical (unpaired) electrons. The summed E-state index contributed by atoms with van der Waals surface area (Å²) >= 11 is 0. The Labute approximate surface area is 122 Å². The van der Waals surface area contributed by atoms with Gasteiger partial charge in [0.2, 0.25) is 0 Å². The van der Waals surface area contributed by atoms with Gasteiger partial charge in [-0.25, -0.2) is 0 Å². The van der Waals surface area contributed by atoms with E-state index in [0.717, 1.165) is 0 Å². The number of benzene rings is 1. The zero-order valence-corrected chi connectivity index (χ0v) is 13.2. The second kappa shape index (κ2) is 6.89. The standard InChI is InChI=1S/C17H27NO2/c1-10-6-7-11(2)16(13(10)4)14(5)12(3)8-15(9-18)17(19)20/h6-7,12,14-15H,8-9,18H2,1-5H3,(H,19,20). The average molecular weight is 277 g/mol. The summed E-state index contributed by atoms with van der Waals surface area (Å²) in [6.45, 7) is 10.9. The van der Waals surface area contributed by atoms with Crippen molar-refractivity contribution in [1.82, 2.24) is 0 Å². The van der Waals surface area contributed by atoms with Crippen LogP contribution < -0.4 is 5.73 Å². The third-order valence-electron chi connectivity index (χ3n) is 4.60. The highest BCUT2D eigenvalue weighted by atomic mass is 16.4. The summed E-state index contributed by atoms with van der Waals surface area (Å²) in [5.74, 6) is -0.607. The number of carbonyl (C=O) groups is 1. The molecule has 0 heterocycles. The van der Waals surface area contributed by atoms with Crippen LogP contribution in [0.25, 0.3) is 0 Å². The first-order valence-corrected chi connectivity index (χ1v) is 7.29. The minimum atomic E-state index is -0.788. The fourth-order valence-corrected chi connectivity index (χ4v) is 2.91. The molecule has 20 heavy (non-hydrogen) atoms. The molecule has 3 N–H and O–H groups in total. The SMILES string of the molecule is Cc1ccc(C)c(C(C)C(C)CC(CN)C(=O)O)c1C. The number of hydrogen-bond acceptors (Lipinski definition) is 2. The van der Waals surface area contributed by atoms with E-state index >= 15 is 0 Å². The number of carboxylic acid groups (broad SMARTS) is 1. The van der Waals surface area contributed by atoms with Crippen molar-refractivity contribution in [2.24, 2.45) is 17.6 Å². The molecule has 1 aromatic rings. The van der Waals surface area contributed by atoms with Crippen molar-refractivity contribution in [3.05, 3.63) is 34.4 Å². The molecule has 3 atom stereocenters. The minimum absolute atomic E-state index is 0.207. The Morgan fingerprint density at radius 1 is 1.20 bits per heavy atom. The van der Waals surface area contributed by atoms with Gasteiger partial charge in [-0.2, -0.15) is 0 Å². The van der Waals surface area contributed by atoms with E-state index in [-0.39, 0.29) is 6.54 Å². The molecular weight excluding hydrogens is 250 g/mol. The normalized spacial score (nSPS) is 15.7. The summed E-state index contributed by atoms with van der Waals surface area (Å²) in [7, 11) is 0. The highest BCUT2D eigenvalue weighted by molar-refractivity contribution is 5.70. The Balaban J connectivity index is 2.97. The lowest BCUT2D eigenvalue weighted by Crippen LogP contribution is -2.26. The van der Waals surface area contributed by atoms with Gasteiger partial charge in [0, 0.05) is 6.54 Å². The Morgan fingerprint density at radius 2 is 1.75 bits per heavy atom. The molecule has 0 aliphatic heterocycles. The maximum absolute atomic E-state index is 11.1. The smallest absolute Gasteiger partial charge is 0.307 e.